The van der Waals surface area contributed by atoms with Gasteiger partial charge in [-0.2, -0.15) is 0 Å². The largest absolute Gasteiger partial charge is 0.335 e. The number of likely N-dealkylation sites (N-methyl/N-ethyl adjacent to an activating group) is 1. The van der Waals surface area contributed by atoms with E-state index in [1.165, 1.54) is 0 Å². The van der Waals surface area contributed by atoms with E-state index in [1.54, 1.807) is 0 Å². The van der Waals surface area contributed by atoms with Crippen LogP contribution in [0.2, 0.25) is 0 Å². The standard InChI is InChI=1S/C15H19BrN4O/c1-3-18-6-8-19(9-7-18)15(21)14-11(2)17-13-5-4-12(16)10-20(13)14/h4-5,10H,3,6-9H2,1-2H3. The molecule has 3 rings (SSSR count). The zero-order chi connectivity index (χ0) is 15.0. The van der Waals surface area contributed by atoms with Gasteiger partial charge in [-0.1, -0.05) is 6.92 Å². The van der Waals surface area contributed by atoms with E-state index in [-0.39, 0.29) is 5.91 Å². The minimum Gasteiger partial charge on any atom is -0.335 e. The number of amides is 1. The number of fused-ring (bicyclic) bond motifs is 1. The summed E-state index contributed by atoms with van der Waals surface area (Å²) in [5.74, 6) is 0.0776. The molecule has 0 aromatic carbocycles. The lowest BCUT2D eigenvalue weighted by Gasteiger charge is -2.34. The Balaban J connectivity index is 1.91. The van der Waals surface area contributed by atoms with Crippen molar-refractivity contribution in [1.29, 1.82) is 0 Å². The third-order valence-corrected chi connectivity index (χ3v) is 4.54. The minimum atomic E-state index is 0.0776. The first kappa shape index (κ1) is 14.5. The number of pyridine rings is 1. The summed E-state index contributed by atoms with van der Waals surface area (Å²) in [7, 11) is 0. The van der Waals surface area contributed by atoms with E-state index in [0.29, 0.717) is 5.69 Å². The molecule has 0 aliphatic carbocycles. The van der Waals surface area contributed by atoms with E-state index in [4.69, 9.17) is 0 Å². The van der Waals surface area contributed by atoms with Gasteiger partial charge < -0.3 is 9.80 Å². The van der Waals surface area contributed by atoms with Gasteiger partial charge in [0.25, 0.3) is 5.91 Å². The van der Waals surface area contributed by atoms with Crippen molar-refractivity contribution in [3.63, 3.8) is 0 Å². The van der Waals surface area contributed by atoms with Crippen molar-refractivity contribution in [3.8, 4) is 0 Å². The molecule has 6 heteroatoms. The van der Waals surface area contributed by atoms with E-state index < -0.39 is 0 Å². The quantitative estimate of drug-likeness (QED) is 0.833. The molecular formula is C15H19BrN4O. The molecule has 5 nitrogen and oxygen atoms in total. The van der Waals surface area contributed by atoms with Gasteiger partial charge in [-0.25, -0.2) is 4.98 Å². The average molecular weight is 351 g/mol. The highest BCUT2D eigenvalue weighted by molar-refractivity contribution is 9.10. The third kappa shape index (κ3) is 2.70. The zero-order valence-corrected chi connectivity index (χ0v) is 13.9. The van der Waals surface area contributed by atoms with Gasteiger partial charge in [0.05, 0.1) is 5.69 Å². The second-order valence-electron chi connectivity index (χ2n) is 5.35. The Morgan fingerprint density at radius 3 is 2.67 bits per heavy atom. The highest BCUT2D eigenvalue weighted by Gasteiger charge is 2.25. The number of aromatic nitrogens is 2. The van der Waals surface area contributed by atoms with Crippen molar-refractivity contribution >= 4 is 27.5 Å². The summed E-state index contributed by atoms with van der Waals surface area (Å²) in [4.78, 5) is 21.6. The SMILES string of the molecule is CCN1CCN(C(=O)c2c(C)nc3ccc(Br)cn23)CC1. The third-order valence-electron chi connectivity index (χ3n) is 4.07. The van der Waals surface area contributed by atoms with Gasteiger partial charge >= 0.3 is 0 Å². The molecule has 1 aliphatic heterocycles. The van der Waals surface area contributed by atoms with Crippen molar-refractivity contribution in [2.75, 3.05) is 32.7 Å². The number of halogens is 1. The second kappa shape index (κ2) is 5.77. The van der Waals surface area contributed by atoms with E-state index >= 15 is 0 Å². The molecule has 2 aromatic rings. The van der Waals surface area contributed by atoms with Crippen LogP contribution in [0.4, 0.5) is 0 Å². The first-order valence-electron chi connectivity index (χ1n) is 7.26. The Bertz CT molecular complexity index is 674. The maximum Gasteiger partial charge on any atom is 0.272 e. The van der Waals surface area contributed by atoms with Crippen molar-refractivity contribution in [2.45, 2.75) is 13.8 Å². The molecule has 0 radical (unpaired) electrons. The van der Waals surface area contributed by atoms with Crippen molar-refractivity contribution < 1.29 is 4.79 Å². The van der Waals surface area contributed by atoms with Crippen LogP contribution in [0.25, 0.3) is 5.65 Å². The maximum atomic E-state index is 12.8. The molecule has 0 atom stereocenters. The Labute approximate surface area is 132 Å². The monoisotopic (exact) mass is 350 g/mol. The second-order valence-corrected chi connectivity index (χ2v) is 6.26. The number of carbonyl (C=O) groups is 1. The van der Waals surface area contributed by atoms with Crippen molar-refractivity contribution in [1.82, 2.24) is 19.2 Å². The number of rotatable bonds is 2. The summed E-state index contributed by atoms with van der Waals surface area (Å²) >= 11 is 3.46. The number of carbonyl (C=O) groups excluding carboxylic acids is 1. The number of aryl methyl sites for hydroxylation is 1. The average Bonchev–Trinajstić information content (AvgIpc) is 2.82. The van der Waals surface area contributed by atoms with Crippen LogP contribution in [0.15, 0.2) is 22.8 Å². The number of imidazole rings is 1. The lowest BCUT2D eigenvalue weighted by molar-refractivity contribution is 0.0635. The number of hydrogen-bond acceptors (Lipinski definition) is 3. The Kier molecular flexibility index (Phi) is 3.99. The normalized spacial score (nSPS) is 16.6. The van der Waals surface area contributed by atoms with Crippen molar-refractivity contribution in [3.05, 3.63) is 34.2 Å². The molecule has 1 saturated heterocycles. The Morgan fingerprint density at radius 2 is 2.00 bits per heavy atom. The zero-order valence-electron chi connectivity index (χ0n) is 12.3. The van der Waals surface area contributed by atoms with Crippen LogP contribution in [-0.2, 0) is 0 Å². The first-order chi connectivity index (χ1) is 10.1. The fourth-order valence-corrected chi connectivity index (χ4v) is 3.15. The molecular weight excluding hydrogens is 332 g/mol. The van der Waals surface area contributed by atoms with Gasteiger partial charge in [-0.05, 0) is 41.5 Å². The summed E-state index contributed by atoms with van der Waals surface area (Å²) in [5.41, 5.74) is 2.28. The van der Waals surface area contributed by atoms with Crippen LogP contribution in [0.1, 0.15) is 23.1 Å². The molecule has 0 saturated carbocycles. The number of nitrogens with zero attached hydrogens (tertiary/aromatic N) is 4. The Morgan fingerprint density at radius 1 is 1.29 bits per heavy atom. The topological polar surface area (TPSA) is 40.8 Å². The lowest BCUT2D eigenvalue weighted by atomic mass is 10.2. The molecule has 21 heavy (non-hydrogen) atoms. The number of piperazine rings is 1. The maximum absolute atomic E-state index is 12.8. The number of hydrogen-bond donors (Lipinski definition) is 0. The van der Waals surface area contributed by atoms with Crippen molar-refractivity contribution in [2.24, 2.45) is 0 Å². The highest BCUT2D eigenvalue weighted by atomic mass is 79.9. The summed E-state index contributed by atoms with van der Waals surface area (Å²) in [6.45, 7) is 8.56. The van der Waals surface area contributed by atoms with Crippen LogP contribution >= 0.6 is 15.9 Å². The van der Waals surface area contributed by atoms with Gasteiger partial charge in [0, 0.05) is 36.8 Å². The fraction of sp³-hybridized carbons (Fsp3) is 0.467. The van der Waals surface area contributed by atoms with Crippen LogP contribution in [-0.4, -0.2) is 57.8 Å². The first-order valence-corrected chi connectivity index (χ1v) is 8.05. The minimum absolute atomic E-state index is 0.0776. The summed E-state index contributed by atoms with van der Waals surface area (Å²) in [6.07, 6.45) is 1.91. The van der Waals surface area contributed by atoms with E-state index in [2.05, 4.69) is 32.7 Å². The van der Waals surface area contributed by atoms with Crippen LogP contribution in [0, 0.1) is 6.92 Å². The van der Waals surface area contributed by atoms with Gasteiger partial charge in [0.2, 0.25) is 0 Å². The molecule has 3 heterocycles. The summed E-state index contributed by atoms with van der Waals surface area (Å²) in [6, 6.07) is 3.86. The van der Waals surface area contributed by atoms with E-state index in [0.717, 1.165) is 48.5 Å². The molecule has 0 spiro atoms. The summed E-state index contributed by atoms with van der Waals surface area (Å²) < 4.78 is 2.82. The van der Waals surface area contributed by atoms with E-state index in [9.17, 15) is 4.79 Å². The molecule has 0 N–H and O–H groups in total. The molecule has 1 amide bonds. The fourth-order valence-electron chi connectivity index (χ4n) is 2.81. The van der Waals surface area contributed by atoms with E-state index in [1.807, 2.05) is 34.6 Å². The van der Waals surface area contributed by atoms with Gasteiger partial charge in [0.15, 0.2) is 0 Å². The van der Waals surface area contributed by atoms with Crippen LogP contribution in [0.3, 0.4) is 0 Å². The van der Waals surface area contributed by atoms with Crippen LogP contribution < -0.4 is 0 Å². The highest BCUT2D eigenvalue weighted by Crippen LogP contribution is 2.18. The predicted octanol–water partition coefficient (Wildman–Crippen LogP) is 2.18. The molecule has 1 aliphatic rings. The van der Waals surface area contributed by atoms with Gasteiger partial charge in [-0.3, -0.25) is 9.20 Å². The Hall–Kier alpha value is -1.40. The molecule has 0 unspecified atom stereocenters. The molecule has 1 fully saturated rings. The molecule has 2 aromatic heterocycles. The van der Waals surface area contributed by atoms with Gasteiger partial charge in [0.1, 0.15) is 11.3 Å². The lowest BCUT2D eigenvalue weighted by Crippen LogP contribution is -2.48. The summed E-state index contributed by atoms with van der Waals surface area (Å²) in [5, 5.41) is 0. The van der Waals surface area contributed by atoms with Crippen LogP contribution in [0.5, 0.6) is 0 Å². The molecule has 0 bridgehead atoms. The predicted molar refractivity (Wildman–Crippen MR) is 85.6 cm³/mol. The molecule has 112 valence electrons. The smallest absolute Gasteiger partial charge is 0.272 e. The van der Waals surface area contributed by atoms with Gasteiger partial charge in [-0.15, -0.1) is 0 Å².